The molecule has 1 saturated heterocycles. The summed E-state index contributed by atoms with van der Waals surface area (Å²) in [5.41, 5.74) is 1.98. The van der Waals surface area contributed by atoms with Gasteiger partial charge in [0.2, 0.25) is 0 Å². The topological polar surface area (TPSA) is 63.0 Å². The zero-order valence-corrected chi connectivity index (χ0v) is 14.8. The van der Waals surface area contributed by atoms with Gasteiger partial charge in [0.25, 0.3) is 0 Å². The molecule has 0 aliphatic carbocycles. The van der Waals surface area contributed by atoms with Crippen LogP contribution in [0.15, 0.2) is 36.8 Å². The molecule has 4 rings (SSSR count). The first-order valence-corrected chi connectivity index (χ1v) is 8.58. The van der Waals surface area contributed by atoms with E-state index in [0.29, 0.717) is 18.9 Å². The smallest absolute Gasteiger partial charge is 0.165 e. The molecule has 26 heavy (non-hydrogen) atoms. The number of hydrogen-bond donors (Lipinski definition) is 0. The van der Waals surface area contributed by atoms with Gasteiger partial charge in [-0.15, -0.1) is 0 Å². The SMILES string of the molecule is Cc1cc(C)n(-c2cc(N3CCN(c4ncccc4F)CC3)ncn2)n1. The van der Waals surface area contributed by atoms with E-state index in [4.69, 9.17) is 0 Å². The Morgan fingerprint density at radius 1 is 0.923 bits per heavy atom. The summed E-state index contributed by atoms with van der Waals surface area (Å²) in [6, 6.07) is 7.01. The maximum atomic E-state index is 13.9. The summed E-state index contributed by atoms with van der Waals surface area (Å²) in [6.45, 7) is 6.82. The van der Waals surface area contributed by atoms with Crippen molar-refractivity contribution in [1.82, 2.24) is 24.7 Å². The van der Waals surface area contributed by atoms with Crippen LogP contribution in [0.25, 0.3) is 5.82 Å². The van der Waals surface area contributed by atoms with E-state index < -0.39 is 0 Å². The van der Waals surface area contributed by atoms with E-state index in [0.717, 1.165) is 36.1 Å². The van der Waals surface area contributed by atoms with Gasteiger partial charge >= 0.3 is 0 Å². The summed E-state index contributed by atoms with van der Waals surface area (Å²) >= 11 is 0. The average molecular weight is 353 g/mol. The van der Waals surface area contributed by atoms with Crippen LogP contribution in [0.1, 0.15) is 11.4 Å². The maximum absolute atomic E-state index is 13.9. The number of anilines is 2. The minimum absolute atomic E-state index is 0.283. The van der Waals surface area contributed by atoms with E-state index in [1.807, 2.05) is 35.6 Å². The average Bonchev–Trinajstić information content (AvgIpc) is 3.01. The Bertz CT molecular complexity index is 915. The van der Waals surface area contributed by atoms with Crippen molar-refractivity contribution >= 4 is 11.6 Å². The van der Waals surface area contributed by atoms with E-state index >= 15 is 0 Å². The lowest BCUT2D eigenvalue weighted by atomic mass is 10.3. The van der Waals surface area contributed by atoms with Crippen LogP contribution < -0.4 is 9.80 Å². The van der Waals surface area contributed by atoms with Crippen molar-refractivity contribution in [3.63, 3.8) is 0 Å². The zero-order chi connectivity index (χ0) is 18.1. The Morgan fingerprint density at radius 2 is 1.65 bits per heavy atom. The highest BCUT2D eigenvalue weighted by molar-refractivity contribution is 5.47. The normalized spacial score (nSPS) is 14.7. The first kappa shape index (κ1) is 16.4. The van der Waals surface area contributed by atoms with Crippen LogP contribution in [0.4, 0.5) is 16.0 Å². The molecule has 8 heteroatoms. The highest BCUT2D eigenvalue weighted by Crippen LogP contribution is 2.21. The van der Waals surface area contributed by atoms with Gasteiger partial charge in [0.1, 0.15) is 12.1 Å². The molecule has 0 radical (unpaired) electrons. The number of piperazine rings is 1. The molecule has 0 spiro atoms. The van der Waals surface area contributed by atoms with Crippen molar-refractivity contribution in [2.45, 2.75) is 13.8 Å². The van der Waals surface area contributed by atoms with Crippen molar-refractivity contribution in [1.29, 1.82) is 0 Å². The Labute approximate surface area is 151 Å². The predicted molar refractivity (Wildman–Crippen MR) is 97.2 cm³/mol. The summed E-state index contributed by atoms with van der Waals surface area (Å²) in [5.74, 6) is 1.73. The predicted octanol–water partition coefficient (Wildman–Crippen LogP) is 2.14. The summed E-state index contributed by atoms with van der Waals surface area (Å²) in [4.78, 5) is 17.1. The van der Waals surface area contributed by atoms with Crippen molar-refractivity contribution in [3.8, 4) is 5.82 Å². The number of aryl methyl sites for hydroxylation is 2. The van der Waals surface area contributed by atoms with E-state index in [-0.39, 0.29) is 5.82 Å². The molecule has 1 aliphatic rings. The molecule has 0 unspecified atom stereocenters. The second-order valence-corrected chi connectivity index (χ2v) is 6.36. The molecule has 1 fully saturated rings. The van der Waals surface area contributed by atoms with Crippen molar-refractivity contribution in [2.75, 3.05) is 36.0 Å². The van der Waals surface area contributed by atoms with Crippen molar-refractivity contribution in [3.05, 3.63) is 54.0 Å². The van der Waals surface area contributed by atoms with Gasteiger partial charge in [-0.25, -0.2) is 24.0 Å². The van der Waals surface area contributed by atoms with Crippen LogP contribution in [-0.2, 0) is 0 Å². The summed E-state index contributed by atoms with van der Waals surface area (Å²) < 4.78 is 15.7. The Hall–Kier alpha value is -3.03. The molecule has 3 aromatic heterocycles. The van der Waals surface area contributed by atoms with Gasteiger partial charge in [-0.3, -0.25) is 0 Å². The fourth-order valence-electron chi connectivity index (χ4n) is 3.24. The molecular weight excluding hydrogens is 333 g/mol. The second-order valence-electron chi connectivity index (χ2n) is 6.36. The van der Waals surface area contributed by atoms with Crippen LogP contribution in [0, 0.1) is 19.7 Å². The number of rotatable bonds is 3. The quantitative estimate of drug-likeness (QED) is 0.719. The molecule has 0 N–H and O–H groups in total. The fraction of sp³-hybridized carbons (Fsp3) is 0.333. The van der Waals surface area contributed by atoms with Gasteiger partial charge < -0.3 is 9.80 Å². The minimum atomic E-state index is -0.283. The molecule has 134 valence electrons. The lowest BCUT2D eigenvalue weighted by Crippen LogP contribution is -2.47. The van der Waals surface area contributed by atoms with Crippen LogP contribution in [0.5, 0.6) is 0 Å². The monoisotopic (exact) mass is 353 g/mol. The van der Waals surface area contributed by atoms with Crippen LogP contribution >= 0.6 is 0 Å². The standard InChI is InChI=1S/C18H20FN7/c1-13-10-14(2)26(23-13)17-11-16(21-12-22-17)24-6-8-25(9-7-24)18-15(19)4-3-5-20-18/h3-5,10-12H,6-9H2,1-2H3. The molecule has 0 aromatic carbocycles. The van der Waals surface area contributed by atoms with Gasteiger partial charge in [0.05, 0.1) is 5.69 Å². The van der Waals surface area contributed by atoms with Crippen molar-refractivity contribution in [2.24, 2.45) is 0 Å². The number of pyridine rings is 1. The molecule has 4 heterocycles. The molecule has 0 amide bonds. The van der Waals surface area contributed by atoms with E-state index in [1.165, 1.54) is 6.07 Å². The number of hydrogen-bond acceptors (Lipinski definition) is 6. The van der Waals surface area contributed by atoms with Gasteiger partial charge in [-0.1, -0.05) is 0 Å². The molecule has 0 bridgehead atoms. The van der Waals surface area contributed by atoms with E-state index in [1.54, 1.807) is 18.6 Å². The molecule has 3 aromatic rings. The molecule has 0 saturated carbocycles. The van der Waals surface area contributed by atoms with E-state index in [2.05, 4.69) is 25.0 Å². The third-order valence-electron chi connectivity index (χ3n) is 4.51. The molecule has 1 aliphatic heterocycles. The van der Waals surface area contributed by atoms with Crippen LogP contribution in [0.2, 0.25) is 0 Å². The number of aromatic nitrogens is 5. The highest BCUT2D eigenvalue weighted by atomic mass is 19.1. The fourth-order valence-corrected chi connectivity index (χ4v) is 3.24. The van der Waals surface area contributed by atoms with Gasteiger partial charge in [-0.2, -0.15) is 5.10 Å². The van der Waals surface area contributed by atoms with E-state index in [9.17, 15) is 4.39 Å². The lowest BCUT2D eigenvalue weighted by molar-refractivity contribution is 0.586. The summed E-state index contributed by atoms with van der Waals surface area (Å²) in [6.07, 6.45) is 3.18. The Morgan fingerprint density at radius 3 is 2.35 bits per heavy atom. The number of halogens is 1. The third kappa shape index (κ3) is 3.10. The van der Waals surface area contributed by atoms with Gasteiger partial charge in [0.15, 0.2) is 17.5 Å². The molecular formula is C18H20FN7. The van der Waals surface area contributed by atoms with Gasteiger partial charge in [-0.05, 0) is 32.0 Å². The Balaban J connectivity index is 1.51. The summed E-state index contributed by atoms with van der Waals surface area (Å²) in [5, 5.41) is 4.48. The second kappa shape index (κ2) is 6.70. The molecule has 7 nitrogen and oxygen atoms in total. The highest BCUT2D eigenvalue weighted by Gasteiger charge is 2.21. The first-order valence-electron chi connectivity index (χ1n) is 8.58. The first-order chi connectivity index (χ1) is 12.6. The largest absolute Gasteiger partial charge is 0.353 e. The lowest BCUT2D eigenvalue weighted by Gasteiger charge is -2.36. The molecule has 0 atom stereocenters. The minimum Gasteiger partial charge on any atom is -0.353 e. The zero-order valence-electron chi connectivity index (χ0n) is 14.8. The number of nitrogens with zero attached hydrogens (tertiary/aromatic N) is 7. The van der Waals surface area contributed by atoms with Crippen molar-refractivity contribution < 1.29 is 4.39 Å². The van der Waals surface area contributed by atoms with Crippen LogP contribution in [-0.4, -0.2) is 50.9 Å². The summed E-state index contributed by atoms with van der Waals surface area (Å²) in [7, 11) is 0. The third-order valence-corrected chi connectivity index (χ3v) is 4.51. The van der Waals surface area contributed by atoms with Gasteiger partial charge in [0, 0.05) is 44.1 Å². The maximum Gasteiger partial charge on any atom is 0.165 e. The Kier molecular flexibility index (Phi) is 4.24. The van der Waals surface area contributed by atoms with Crippen LogP contribution in [0.3, 0.4) is 0 Å².